The Morgan fingerprint density at radius 3 is 2.59 bits per heavy atom. The van der Waals surface area contributed by atoms with Crippen LogP contribution in [-0.2, 0) is 0 Å². The third-order valence-electron chi connectivity index (χ3n) is 2.88. The van der Waals surface area contributed by atoms with Gasteiger partial charge in [0, 0.05) is 22.0 Å². The van der Waals surface area contributed by atoms with Crippen molar-refractivity contribution in [2.75, 3.05) is 0 Å². The molecule has 0 aliphatic carbocycles. The minimum atomic E-state index is -0.272. The number of hydrogen-bond donors (Lipinski definition) is 0. The minimum Gasteiger partial charge on any atom is -0.241 e. The van der Waals surface area contributed by atoms with Gasteiger partial charge >= 0.3 is 0 Å². The average Bonchev–Trinajstić information content (AvgIpc) is 3.15. The van der Waals surface area contributed by atoms with Gasteiger partial charge in [0.05, 0.1) is 11.3 Å². The van der Waals surface area contributed by atoms with Crippen LogP contribution in [0, 0.1) is 24.1 Å². The summed E-state index contributed by atoms with van der Waals surface area (Å²) in [4.78, 5) is 8.79. The molecular formula is C16H10FN3S2. The normalized spacial score (nSPS) is 11.4. The fourth-order valence-electron chi connectivity index (χ4n) is 1.84. The van der Waals surface area contributed by atoms with E-state index in [4.69, 9.17) is 0 Å². The Bertz CT molecular complexity index is 869. The van der Waals surface area contributed by atoms with Gasteiger partial charge < -0.3 is 0 Å². The zero-order valence-corrected chi connectivity index (χ0v) is 13.2. The van der Waals surface area contributed by atoms with Crippen LogP contribution in [0.15, 0.2) is 35.0 Å². The molecule has 0 fully saturated rings. The van der Waals surface area contributed by atoms with Crippen LogP contribution in [0.2, 0.25) is 0 Å². The molecule has 0 aliphatic rings. The van der Waals surface area contributed by atoms with Crippen LogP contribution in [0.25, 0.3) is 22.2 Å². The van der Waals surface area contributed by atoms with Crippen molar-refractivity contribution in [2.24, 2.45) is 0 Å². The molecule has 0 bridgehead atoms. The lowest BCUT2D eigenvalue weighted by Crippen LogP contribution is -1.82. The molecule has 0 N–H and O–H groups in total. The van der Waals surface area contributed by atoms with Crippen LogP contribution in [0.4, 0.5) is 4.39 Å². The van der Waals surface area contributed by atoms with Crippen molar-refractivity contribution in [3.8, 4) is 16.6 Å². The van der Waals surface area contributed by atoms with E-state index >= 15 is 0 Å². The van der Waals surface area contributed by atoms with E-state index in [1.165, 1.54) is 34.8 Å². The number of rotatable bonds is 3. The van der Waals surface area contributed by atoms with E-state index in [-0.39, 0.29) is 5.82 Å². The van der Waals surface area contributed by atoms with Gasteiger partial charge in [0.25, 0.3) is 0 Å². The molecular weight excluding hydrogens is 317 g/mol. The van der Waals surface area contributed by atoms with Crippen molar-refractivity contribution >= 4 is 34.3 Å². The summed E-state index contributed by atoms with van der Waals surface area (Å²) in [6.07, 6.45) is 1.72. The van der Waals surface area contributed by atoms with Crippen molar-refractivity contribution in [2.45, 2.75) is 6.92 Å². The monoisotopic (exact) mass is 327 g/mol. The number of nitrogens with zero attached hydrogens (tertiary/aromatic N) is 3. The summed E-state index contributed by atoms with van der Waals surface area (Å²) in [5.41, 5.74) is 2.95. The third-order valence-corrected chi connectivity index (χ3v) is 4.78. The molecule has 1 aromatic carbocycles. The second-order valence-electron chi connectivity index (χ2n) is 4.55. The molecule has 3 nitrogen and oxygen atoms in total. The number of thiazole rings is 2. The Balaban J connectivity index is 1.91. The van der Waals surface area contributed by atoms with E-state index in [1.54, 1.807) is 18.2 Å². The molecule has 0 unspecified atom stereocenters. The second kappa shape index (κ2) is 6.18. The van der Waals surface area contributed by atoms with Crippen LogP contribution in [0.5, 0.6) is 0 Å². The maximum atomic E-state index is 12.9. The predicted molar refractivity (Wildman–Crippen MR) is 87.8 cm³/mol. The minimum absolute atomic E-state index is 0.272. The van der Waals surface area contributed by atoms with E-state index in [2.05, 4.69) is 16.0 Å². The average molecular weight is 327 g/mol. The zero-order valence-electron chi connectivity index (χ0n) is 11.6. The fraction of sp³-hybridized carbons (Fsp3) is 0.0625. The lowest BCUT2D eigenvalue weighted by molar-refractivity contribution is 0.628. The van der Waals surface area contributed by atoms with E-state index in [0.717, 1.165) is 16.3 Å². The maximum absolute atomic E-state index is 12.9. The van der Waals surface area contributed by atoms with Gasteiger partial charge in [-0.2, -0.15) is 5.26 Å². The van der Waals surface area contributed by atoms with Gasteiger partial charge in [-0.3, -0.25) is 0 Å². The van der Waals surface area contributed by atoms with Crippen molar-refractivity contribution in [1.29, 1.82) is 5.26 Å². The lowest BCUT2D eigenvalue weighted by Gasteiger charge is -1.95. The van der Waals surface area contributed by atoms with Gasteiger partial charge in [-0.05, 0) is 37.3 Å². The molecule has 0 spiro atoms. The molecule has 22 heavy (non-hydrogen) atoms. The summed E-state index contributed by atoms with van der Waals surface area (Å²) in [5, 5.41) is 14.5. The third kappa shape index (κ3) is 3.11. The Kier molecular flexibility index (Phi) is 4.09. The molecule has 3 aromatic rings. The molecule has 3 rings (SSSR count). The van der Waals surface area contributed by atoms with Gasteiger partial charge in [0.15, 0.2) is 0 Å². The summed E-state index contributed by atoms with van der Waals surface area (Å²) >= 11 is 2.90. The first kappa shape index (κ1) is 14.6. The Morgan fingerprint density at radius 1 is 1.18 bits per heavy atom. The van der Waals surface area contributed by atoms with Gasteiger partial charge in [0.2, 0.25) is 0 Å². The van der Waals surface area contributed by atoms with E-state index < -0.39 is 0 Å². The standard InChI is InChI=1S/C16H10FN3S2/c1-10-8-21-16(19-10)12(7-18)6-14-9-22-15(20-14)11-2-4-13(17)5-3-11/h2-6,8-9H,1H3/b12-6+. The number of halogens is 1. The second-order valence-corrected chi connectivity index (χ2v) is 6.26. The summed E-state index contributed by atoms with van der Waals surface area (Å²) in [5.74, 6) is -0.272. The molecule has 2 heterocycles. The highest BCUT2D eigenvalue weighted by Crippen LogP contribution is 2.27. The van der Waals surface area contributed by atoms with Gasteiger partial charge in [-0.25, -0.2) is 14.4 Å². The Hall–Kier alpha value is -2.36. The first-order valence-electron chi connectivity index (χ1n) is 6.41. The smallest absolute Gasteiger partial charge is 0.134 e. The number of aromatic nitrogens is 2. The lowest BCUT2D eigenvalue weighted by atomic mass is 10.2. The number of nitriles is 1. The molecule has 0 atom stereocenters. The van der Waals surface area contributed by atoms with Crippen LogP contribution in [0.3, 0.4) is 0 Å². The maximum Gasteiger partial charge on any atom is 0.134 e. The van der Waals surface area contributed by atoms with Crippen LogP contribution in [0.1, 0.15) is 16.4 Å². The molecule has 0 radical (unpaired) electrons. The van der Waals surface area contributed by atoms with Crippen molar-refractivity contribution in [1.82, 2.24) is 9.97 Å². The Labute approximate surface area is 135 Å². The first-order valence-corrected chi connectivity index (χ1v) is 8.17. The number of aryl methyl sites for hydroxylation is 1. The number of allylic oxidation sites excluding steroid dienone is 1. The number of hydrogen-bond acceptors (Lipinski definition) is 5. The molecule has 0 amide bonds. The van der Waals surface area contributed by atoms with Gasteiger partial charge in [0.1, 0.15) is 21.9 Å². The largest absolute Gasteiger partial charge is 0.241 e. The SMILES string of the molecule is Cc1csc(/C(C#N)=C/c2csc(-c3ccc(F)cc3)n2)n1. The highest BCUT2D eigenvalue weighted by molar-refractivity contribution is 7.13. The predicted octanol–water partition coefficient (Wildman–Crippen LogP) is 4.78. The van der Waals surface area contributed by atoms with Gasteiger partial charge in [-0.1, -0.05) is 0 Å². The first-order chi connectivity index (χ1) is 10.7. The molecule has 0 saturated carbocycles. The Morgan fingerprint density at radius 2 is 1.95 bits per heavy atom. The quantitative estimate of drug-likeness (QED) is 0.651. The summed E-state index contributed by atoms with van der Waals surface area (Å²) in [6, 6.07) is 8.36. The molecule has 0 aliphatic heterocycles. The summed E-state index contributed by atoms with van der Waals surface area (Å²) < 4.78 is 12.9. The molecule has 0 saturated heterocycles. The fourth-order valence-corrected chi connectivity index (χ4v) is 3.39. The zero-order chi connectivity index (χ0) is 15.5. The molecule has 108 valence electrons. The highest BCUT2D eigenvalue weighted by atomic mass is 32.1. The van der Waals surface area contributed by atoms with Crippen molar-refractivity contribution in [3.63, 3.8) is 0 Å². The van der Waals surface area contributed by atoms with E-state index in [0.29, 0.717) is 16.3 Å². The highest BCUT2D eigenvalue weighted by Gasteiger charge is 2.08. The van der Waals surface area contributed by atoms with Gasteiger partial charge in [-0.15, -0.1) is 22.7 Å². The molecule has 2 aromatic heterocycles. The topological polar surface area (TPSA) is 49.6 Å². The van der Waals surface area contributed by atoms with Crippen molar-refractivity contribution in [3.05, 3.63) is 57.2 Å². The molecule has 6 heteroatoms. The summed E-state index contributed by atoms with van der Waals surface area (Å²) in [6.45, 7) is 1.89. The van der Waals surface area contributed by atoms with Crippen LogP contribution < -0.4 is 0 Å². The number of benzene rings is 1. The van der Waals surface area contributed by atoms with E-state index in [9.17, 15) is 9.65 Å². The summed E-state index contributed by atoms with van der Waals surface area (Å²) in [7, 11) is 0. The van der Waals surface area contributed by atoms with Crippen molar-refractivity contribution < 1.29 is 4.39 Å². The van der Waals surface area contributed by atoms with E-state index in [1.807, 2.05) is 17.7 Å². The van der Waals surface area contributed by atoms with Crippen LogP contribution >= 0.6 is 22.7 Å². The van der Waals surface area contributed by atoms with Crippen LogP contribution in [-0.4, -0.2) is 9.97 Å².